The van der Waals surface area contributed by atoms with Crippen LogP contribution in [0.3, 0.4) is 0 Å². The first-order valence-electron chi connectivity index (χ1n) is 10.7. The lowest BCUT2D eigenvalue weighted by Crippen LogP contribution is -2.37. The molecule has 2 aliphatic rings. The van der Waals surface area contributed by atoms with Crippen LogP contribution in [0, 0.1) is 40.3 Å². The smallest absolute Gasteiger partial charge is 0.249 e. The second kappa shape index (κ2) is 9.71. The second-order valence-corrected chi connectivity index (χ2v) is 8.19. The van der Waals surface area contributed by atoms with E-state index in [2.05, 4.69) is 15.3 Å². The number of nitrogens with one attached hydrogen (secondary N) is 1. The highest BCUT2D eigenvalue weighted by Gasteiger charge is 2.37. The van der Waals surface area contributed by atoms with Crippen LogP contribution in [0.1, 0.15) is 55.0 Å². The van der Waals surface area contributed by atoms with Crippen LogP contribution in [0.25, 0.3) is 0 Å². The number of nitrogens with zero attached hydrogens (tertiary/aromatic N) is 5. The molecule has 4 rings (SSSR count). The SMILES string of the molecule is N#Cc1cc(F)cc([C@@H]2CCON2C(=O)C2CCC(CNc3cc(C#N)ncn3)CC2)c1. The van der Waals surface area contributed by atoms with Crippen LogP contribution in [0.2, 0.25) is 0 Å². The first-order chi connectivity index (χ1) is 15.6. The van der Waals surface area contributed by atoms with Crippen LogP contribution in [0.5, 0.6) is 0 Å². The van der Waals surface area contributed by atoms with Gasteiger partial charge in [0.05, 0.1) is 24.3 Å². The number of aromatic nitrogens is 2. The molecule has 1 saturated carbocycles. The van der Waals surface area contributed by atoms with Crippen LogP contribution in [0.15, 0.2) is 30.6 Å². The van der Waals surface area contributed by atoms with Crippen molar-refractivity contribution < 1.29 is 14.0 Å². The monoisotopic (exact) mass is 434 g/mol. The van der Waals surface area contributed by atoms with Gasteiger partial charge in [-0.3, -0.25) is 9.63 Å². The van der Waals surface area contributed by atoms with Gasteiger partial charge in [0.25, 0.3) is 0 Å². The molecule has 0 unspecified atom stereocenters. The molecule has 8 nitrogen and oxygen atoms in total. The summed E-state index contributed by atoms with van der Waals surface area (Å²) in [6, 6.07) is 9.36. The summed E-state index contributed by atoms with van der Waals surface area (Å²) in [6.45, 7) is 1.10. The van der Waals surface area contributed by atoms with E-state index in [9.17, 15) is 9.18 Å². The lowest BCUT2D eigenvalue weighted by atomic mass is 9.81. The van der Waals surface area contributed by atoms with Crippen molar-refractivity contribution >= 4 is 11.7 Å². The normalized spacial score (nSPS) is 22.7. The van der Waals surface area contributed by atoms with Crippen molar-refractivity contribution in [2.45, 2.75) is 38.1 Å². The zero-order valence-corrected chi connectivity index (χ0v) is 17.5. The fourth-order valence-electron chi connectivity index (χ4n) is 4.42. The van der Waals surface area contributed by atoms with E-state index in [4.69, 9.17) is 15.4 Å². The second-order valence-electron chi connectivity index (χ2n) is 8.19. The minimum absolute atomic E-state index is 0.0730. The molecule has 1 aliphatic heterocycles. The van der Waals surface area contributed by atoms with E-state index in [1.165, 1.54) is 23.5 Å². The number of rotatable bonds is 5. The molecule has 1 N–H and O–H groups in total. The number of carbonyl (C=O) groups is 1. The van der Waals surface area contributed by atoms with Crippen LogP contribution in [-0.2, 0) is 9.63 Å². The molecule has 1 aromatic heterocycles. The molecule has 1 aliphatic carbocycles. The highest BCUT2D eigenvalue weighted by atomic mass is 19.1. The highest BCUT2D eigenvalue weighted by Crippen LogP contribution is 2.36. The topological polar surface area (TPSA) is 115 Å². The fourth-order valence-corrected chi connectivity index (χ4v) is 4.42. The third-order valence-electron chi connectivity index (χ3n) is 6.11. The molecule has 2 heterocycles. The van der Waals surface area contributed by atoms with Crippen molar-refractivity contribution in [1.29, 1.82) is 10.5 Å². The number of hydrogen-bond acceptors (Lipinski definition) is 7. The van der Waals surface area contributed by atoms with Crippen molar-refractivity contribution in [2.24, 2.45) is 11.8 Å². The number of halogens is 1. The molecule has 164 valence electrons. The lowest BCUT2D eigenvalue weighted by Gasteiger charge is -2.32. The standard InChI is InChI=1S/C23H23FN6O2/c24-19-8-16(11-25)7-18(9-19)21-5-6-32-30(21)23(31)17-3-1-15(2-4-17)13-27-22-10-20(12-26)28-14-29-22/h7-10,14-15,17,21H,1-6,13H2,(H,27,28,29)/t15?,17?,21-/m0/s1. The van der Waals surface area contributed by atoms with Crippen molar-refractivity contribution in [3.05, 3.63) is 53.2 Å². The van der Waals surface area contributed by atoms with E-state index in [1.807, 2.05) is 12.1 Å². The quantitative estimate of drug-likeness (QED) is 0.766. The summed E-state index contributed by atoms with van der Waals surface area (Å²) in [5.74, 6) is 0.319. The van der Waals surface area contributed by atoms with Crippen LogP contribution >= 0.6 is 0 Å². The molecule has 0 radical (unpaired) electrons. The van der Waals surface area contributed by atoms with Crippen molar-refractivity contribution in [3.8, 4) is 12.1 Å². The fraction of sp³-hybridized carbons (Fsp3) is 0.435. The Morgan fingerprint density at radius 1 is 1.12 bits per heavy atom. The minimum Gasteiger partial charge on any atom is -0.370 e. The molecular formula is C23H23FN6O2. The number of nitriles is 2. The van der Waals surface area contributed by atoms with Crippen molar-refractivity contribution in [1.82, 2.24) is 15.0 Å². The van der Waals surface area contributed by atoms with Gasteiger partial charge in [0, 0.05) is 24.9 Å². The number of hydrogen-bond donors (Lipinski definition) is 1. The van der Waals surface area contributed by atoms with Crippen molar-refractivity contribution in [2.75, 3.05) is 18.5 Å². The van der Waals surface area contributed by atoms with E-state index < -0.39 is 5.82 Å². The first-order valence-corrected chi connectivity index (χ1v) is 10.7. The maximum Gasteiger partial charge on any atom is 0.249 e. The van der Waals surface area contributed by atoms with Crippen molar-refractivity contribution in [3.63, 3.8) is 0 Å². The molecule has 1 aromatic carbocycles. The molecule has 2 fully saturated rings. The van der Waals surface area contributed by atoms with Crippen LogP contribution in [0.4, 0.5) is 10.2 Å². The average molecular weight is 434 g/mol. The predicted molar refractivity (Wildman–Crippen MR) is 112 cm³/mol. The average Bonchev–Trinajstić information content (AvgIpc) is 3.32. The van der Waals surface area contributed by atoms with E-state index >= 15 is 0 Å². The van der Waals surface area contributed by atoms with E-state index in [0.29, 0.717) is 42.6 Å². The van der Waals surface area contributed by atoms with Gasteiger partial charge in [-0.05, 0) is 55.4 Å². The minimum atomic E-state index is -0.489. The molecular weight excluding hydrogens is 411 g/mol. The molecule has 1 saturated heterocycles. The zero-order valence-electron chi connectivity index (χ0n) is 17.5. The van der Waals surface area contributed by atoms with Gasteiger partial charge >= 0.3 is 0 Å². The third kappa shape index (κ3) is 4.84. The highest BCUT2D eigenvalue weighted by molar-refractivity contribution is 5.78. The maximum absolute atomic E-state index is 13.9. The van der Waals surface area contributed by atoms with Crippen LogP contribution < -0.4 is 5.32 Å². The first kappa shape index (κ1) is 21.7. The summed E-state index contributed by atoms with van der Waals surface area (Å²) in [5, 5.41) is 22.7. The summed E-state index contributed by atoms with van der Waals surface area (Å²) in [4.78, 5) is 26.8. The number of anilines is 1. The Kier molecular flexibility index (Phi) is 6.58. The van der Waals surface area contributed by atoms with Gasteiger partial charge < -0.3 is 5.32 Å². The molecule has 1 atom stereocenters. The van der Waals surface area contributed by atoms with E-state index in [-0.39, 0.29) is 23.4 Å². The van der Waals surface area contributed by atoms with Gasteiger partial charge in [-0.25, -0.2) is 19.4 Å². The van der Waals surface area contributed by atoms with E-state index in [1.54, 1.807) is 12.1 Å². The van der Waals surface area contributed by atoms with Crippen LogP contribution in [-0.4, -0.2) is 34.1 Å². The Balaban J connectivity index is 1.33. The van der Waals surface area contributed by atoms with Gasteiger partial charge in [-0.15, -0.1) is 0 Å². The summed E-state index contributed by atoms with van der Waals surface area (Å²) >= 11 is 0. The molecule has 2 aromatic rings. The van der Waals surface area contributed by atoms with Gasteiger partial charge in [0.1, 0.15) is 29.7 Å². The largest absolute Gasteiger partial charge is 0.370 e. The summed E-state index contributed by atoms with van der Waals surface area (Å²) in [6.07, 6.45) is 5.20. The molecule has 0 bridgehead atoms. The van der Waals surface area contributed by atoms with Gasteiger partial charge in [-0.2, -0.15) is 10.5 Å². The zero-order chi connectivity index (χ0) is 22.5. The number of benzene rings is 1. The molecule has 9 heteroatoms. The Morgan fingerprint density at radius 2 is 1.94 bits per heavy atom. The Bertz CT molecular complexity index is 1070. The molecule has 0 spiro atoms. The third-order valence-corrected chi connectivity index (χ3v) is 6.11. The Morgan fingerprint density at radius 3 is 2.69 bits per heavy atom. The lowest BCUT2D eigenvalue weighted by molar-refractivity contribution is -0.183. The van der Waals surface area contributed by atoms with Gasteiger partial charge in [0.2, 0.25) is 5.91 Å². The molecule has 1 amide bonds. The number of hydroxylamine groups is 2. The van der Waals surface area contributed by atoms with Gasteiger partial charge in [-0.1, -0.05) is 0 Å². The van der Waals surface area contributed by atoms with Gasteiger partial charge in [0.15, 0.2) is 0 Å². The Labute approximate surface area is 185 Å². The molecule has 32 heavy (non-hydrogen) atoms. The predicted octanol–water partition coefficient (Wildman–Crippen LogP) is 3.48. The number of amides is 1. The number of carbonyl (C=O) groups excluding carboxylic acids is 1. The summed E-state index contributed by atoms with van der Waals surface area (Å²) < 4.78 is 13.9. The van der Waals surface area contributed by atoms with E-state index in [0.717, 1.165) is 25.7 Å². The summed E-state index contributed by atoms with van der Waals surface area (Å²) in [5.41, 5.74) is 1.14. The maximum atomic E-state index is 13.9. The Hall–Kier alpha value is -3.56. The summed E-state index contributed by atoms with van der Waals surface area (Å²) in [7, 11) is 0.